The Morgan fingerprint density at radius 3 is 2.21 bits per heavy atom. The Morgan fingerprint density at radius 1 is 1.21 bits per heavy atom. The lowest BCUT2D eigenvalue weighted by molar-refractivity contribution is -0.120. The fourth-order valence-corrected chi connectivity index (χ4v) is 3.38. The number of rotatable bonds is 3. The van der Waals surface area contributed by atoms with Gasteiger partial charge in [-0.05, 0) is 38.9 Å². The van der Waals surface area contributed by atoms with Crippen LogP contribution in [0, 0.1) is 28.4 Å². The van der Waals surface area contributed by atoms with E-state index in [4.69, 9.17) is 0 Å². The van der Waals surface area contributed by atoms with Crippen molar-refractivity contribution < 1.29 is 13.6 Å². The van der Waals surface area contributed by atoms with Crippen LogP contribution in [0.15, 0.2) is 16.6 Å². The molecule has 0 amide bonds. The predicted octanol–water partition coefficient (Wildman–Crippen LogP) is 4.52. The second-order valence-corrected chi connectivity index (χ2v) is 7.20. The minimum Gasteiger partial charge on any atom is -0.299 e. The first-order valence-electron chi connectivity index (χ1n) is 6.25. The maximum atomic E-state index is 13.9. The summed E-state index contributed by atoms with van der Waals surface area (Å²) < 4.78 is 27.7. The van der Waals surface area contributed by atoms with E-state index < -0.39 is 11.6 Å². The summed E-state index contributed by atoms with van der Waals surface area (Å²) in [4.78, 5) is 12.3. The molecule has 1 aliphatic rings. The Bertz CT molecular complexity index is 535. The van der Waals surface area contributed by atoms with E-state index in [0.717, 1.165) is 0 Å². The van der Waals surface area contributed by atoms with Crippen molar-refractivity contribution in [3.05, 3.63) is 33.8 Å². The molecule has 4 heteroatoms. The quantitative estimate of drug-likeness (QED) is 0.744. The number of carbonyl (C=O) groups is 1. The van der Waals surface area contributed by atoms with E-state index >= 15 is 0 Å². The largest absolute Gasteiger partial charge is 0.299 e. The van der Waals surface area contributed by atoms with Gasteiger partial charge >= 0.3 is 0 Å². The number of hydrogen-bond acceptors (Lipinski definition) is 1. The first kappa shape index (κ1) is 14.6. The van der Waals surface area contributed by atoms with Crippen molar-refractivity contribution in [1.29, 1.82) is 0 Å². The molecule has 0 heterocycles. The smallest absolute Gasteiger partial charge is 0.143 e. The van der Waals surface area contributed by atoms with E-state index in [2.05, 4.69) is 15.9 Å². The van der Waals surface area contributed by atoms with Crippen LogP contribution in [-0.2, 0) is 11.2 Å². The molecule has 0 bridgehead atoms. The number of ketones is 1. The van der Waals surface area contributed by atoms with Crippen molar-refractivity contribution in [2.75, 3.05) is 0 Å². The zero-order valence-electron chi connectivity index (χ0n) is 11.5. The number of benzene rings is 1. The second-order valence-electron chi connectivity index (χ2n) is 6.34. The lowest BCUT2D eigenvalue weighted by Crippen LogP contribution is -2.13. The highest BCUT2D eigenvalue weighted by Gasteiger charge is 2.67. The predicted molar refractivity (Wildman–Crippen MR) is 73.8 cm³/mol. The minimum atomic E-state index is -0.676. The van der Waals surface area contributed by atoms with E-state index in [1.165, 1.54) is 12.1 Å². The van der Waals surface area contributed by atoms with E-state index in [1.54, 1.807) is 0 Å². The molecule has 0 N–H and O–H groups in total. The van der Waals surface area contributed by atoms with Gasteiger partial charge in [0.25, 0.3) is 0 Å². The van der Waals surface area contributed by atoms with Gasteiger partial charge in [-0.15, -0.1) is 0 Å². The van der Waals surface area contributed by atoms with E-state index in [9.17, 15) is 13.6 Å². The molecule has 1 aromatic rings. The molecule has 0 radical (unpaired) electrons. The lowest BCUT2D eigenvalue weighted by Gasteiger charge is -2.07. The van der Waals surface area contributed by atoms with Gasteiger partial charge in [-0.2, -0.15) is 0 Å². The molecule has 1 saturated carbocycles. The summed E-state index contributed by atoms with van der Waals surface area (Å²) >= 11 is 3.01. The Balaban J connectivity index is 2.25. The van der Waals surface area contributed by atoms with Crippen LogP contribution in [0.25, 0.3) is 0 Å². The highest BCUT2D eigenvalue weighted by molar-refractivity contribution is 9.10. The number of Topliss-reactive ketones (excluding diaryl/α,β-unsaturated/α-hetero) is 1. The minimum absolute atomic E-state index is 0.0918. The fourth-order valence-electron chi connectivity index (χ4n) is 3.01. The molecule has 0 aliphatic heterocycles. The SMILES string of the molecule is CC1(C)C(C(=O)Cc2c(F)ccc(Br)c2F)C1(C)C. The van der Waals surface area contributed by atoms with Gasteiger partial charge in [0.1, 0.15) is 17.4 Å². The monoisotopic (exact) mass is 330 g/mol. The lowest BCUT2D eigenvalue weighted by atomic mass is 10.0. The molecule has 2 rings (SSSR count). The van der Waals surface area contributed by atoms with Crippen LogP contribution in [0.1, 0.15) is 33.3 Å². The molecule has 0 saturated heterocycles. The third-order valence-electron chi connectivity index (χ3n) is 4.83. The molecule has 1 fully saturated rings. The van der Waals surface area contributed by atoms with Crippen LogP contribution in [0.3, 0.4) is 0 Å². The van der Waals surface area contributed by atoms with Gasteiger partial charge in [-0.3, -0.25) is 4.79 Å². The van der Waals surface area contributed by atoms with Crippen LogP contribution < -0.4 is 0 Å². The topological polar surface area (TPSA) is 17.1 Å². The first-order chi connectivity index (χ1) is 8.60. The number of carbonyl (C=O) groups excluding carboxylic acids is 1. The molecule has 1 nitrogen and oxygen atoms in total. The van der Waals surface area contributed by atoms with Gasteiger partial charge in [-0.1, -0.05) is 27.7 Å². The highest BCUT2D eigenvalue weighted by atomic mass is 79.9. The van der Waals surface area contributed by atoms with Gasteiger partial charge in [-0.25, -0.2) is 8.78 Å². The molecule has 0 atom stereocenters. The van der Waals surface area contributed by atoms with Crippen molar-refractivity contribution in [1.82, 2.24) is 0 Å². The molecule has 0 unspecified atom stereocenters. The molecule has 0 aromatic heterocycles. The summed E-state index contributed by atoms with van der Waals surface area (Å²) in [6.07, 6.45) is -0.186. The third kappa shape index (κ3) is 2.14. The van der Waals surface area contributed by atoms with E-state index in [1.807, 2.05) is 27.7 Å². The standard InChI is InChI=1S/C15H17BrF2O/c1-14(2)13(15(14,3)4)11(19)7-8-10(17)6-5-9(16)12(8)18/h5-6,13H,7H2,1-4H3. The average Bonchev–Trinajstić information content (AvgIpc) is 2.70. The van der Waals surface area contributed by atoms with Crippen molar-refractivity contribution >= 4 is 21.7 Å². The van der Waals surface area contributed by atoms with Crippen LogP contribution >= 0.6 is 15.9 Å². The summed E-state index contributed by atoms with van der Waals surface area (Å²) in [5.74, 6) is -1.57. The summed E-state index contributed by atoms with van der Waals surface area (Å²) in [5.41, 5.74) is -0.357. The van der Waals surface area contributed by atoms with Crippen LogP contribution in [0.5, 0.6) is 0 Å². The highest BCUT2D eigenvalue weighted by Crippen LogP contribution is 2.68. The normalized spacial score (nSPS) is 20.4. The van der Waals surface area contributed by atoms with Gasteiger partial charge in [0, 0.05) is 17.9 Å². The average molecular weight is 331 g/mol. The Labute approximate surface area is 120 Å². The maximum absolute atomic E-state index is 13.9. The van der Waals surface area contributed by atoms with Gasteiger partial charge < -0.3 is 0 Å². The summed E-state index contributed by atoms with van der Waals surface area (Å²) in [6.45, 7) is 8.07. The number of hydrogen-bond donors (Lipinski definition) is 0. The fraction of sp³-hybridized carbons (Fsp3) is 0.533. The third-order valence-corrected chi connectivity index (χ3v) is 5.45. The summed E-state index contributed by atoms with van der Waals surface area (Å²) in [7, 11) is 0. The molecule has 1 aromatic carbocycles. The molecule has 104 valence electrons. The van der Waals surface area contributed by atoms with Crippen molar-refractivity contribution in [3.8, 4) is 0 Å². The Morgan fingerprint density at radius 2 is 1.74 bits per heavy atom. The molecule has 1 aliphatic carbocycles. The molecule has 19 heavy (non-hydrogen) atoms. The van der Waals surface area contributed by atoms with Gasteiger partial charge in [0.2, 0.25) is 0 Å². The second kappa shape index (κ2) is 4.37. The maximum Gasteiger partial charge on any atom is 0.143 e. The van der Waals surface area contributed by atoms with Crippen LogP contribution in [0.4, 0.5) is 8.78 Å². The molecule has 0 spiro atoms. The van der Waals surface area contributed by atoms with Crippen molar-refractivity contribution in [3.63, 3.8) is 0 Å². The molecular formula is C15H17BrF2O. The van der Waals surface area contributed by atoms with Crippen LogP contribution in [0.2, 0.25) is 0 Å². The van der Waals surface area contributed by atoms with E-state index in [0.29, 0.717) is 0 Å². The first-order valence-corrected chi connectivity index (χ1v) is 7.05. The zero-order chi connectivity index (χ0) is 14.6. The van der Waals surface area contributed by atoms with Crippen molar-refractivity contribution in [2.45, 2.75) is 34.1 Å². The Kier molecular flexibility index (Phi) is 3.37. The zero-order valence-corrected chi connectivity index (χ0v) is 13.1. The summed E-state index contributed by atoms with van der Waals surface area (Å²) in [5, 5.41) is 0. The molecular weight excluding hydrogens is 314 g/mol. The number of halogens is 3. The van der Waals surface area contributed by atoms with Gasteiger partial charge in [0.05, 0.1) is 4.47 Å². The van der Waals surface area contributed by atoms with Gasteiger partial charge in [0.15, 0.2) is 0 Å². The van der Waals surface area contributed by atoms with E-state index in [-0.39, 0.29) is 39.0 Å². The Hall–Kier alpha value is -0.770. The van der Waals surface area contributed by atoms with Crippen molar-refractivity contribution in [2.24, 2.45) is 16.7 Å². The van der Waals surface area contributed by atoms with Crippen LogP contribution in [-0.4, -0.2) is 5.78 Å². The summed E-state index contributed by atoms with van der Waals surface area (Å²) in [6, 6.07) is 2.49.